The Hall–Kier alpha value is 0.440. The van der Waals surface area contributed by atoms with Gasteiger partial charge in [-0.25, -0.2) is 0 Å². The van der Waals surface area contributed by atoms with Crippen LogP contribution in [0.2, 0.25) is 0 Å². The highest BCUT2D eigenvalue weighted by Crippen LogP contribution is 2.43. The van der Waals surface area contributed by atoms with Gasteiger partial charge in [0.05, 0.1) is 4.58 Å². The van der Waals surface area contributed by atoms with E-state index >= 15 is 0 Å². The Morgan fingerprint density at radius 2 is 1.42 bits per heavy atom. The highest BCUT2D eigenvalue weighted by molar-refractivity contribution is 8.22. The smallest absolute Gasteiger partial charge is 0.0613 e. The highest BCUT2D eigenvalue weighted by atomic mass is 32.2. The van der Waals surface area contributed by atoms with Crippen LogP contribution in [-0.2, 0) is 0 Å². The van der Waals surface area contributed by atoms with Gasteiger partial charge in [0, 0.05) is 0 Å². The number of hydrogen-bond donors (Lipinski definition) is 0. The molecule has 0 amide bonds. The molecular weight excluding hydrogens is 184 g/mol. The molecule has 1 aliphatic carbocycles. The predicted octanol–water partition coefficient (Wildman–Crippen LogP) is 4.23. The summed E-state index contributed by atoms with van der Waals surface area (Å²) in [6, 6.07) is 0. The van der Waals surface area contributed by atoms with E-state index in [2.05, 4.69) is 10.8 Å². The highest BCUT2D eigenvalue weighted by Gasteiger charge is 2.24. The molecule has 0 spiro atoms. The van der Waals surface area contributed by atoms with Crippen LogP contribution in [0.3, 0.4) is 0 Å². The zero-order valence-corrected chi connectivity index (χ0v) is 9.00. The second kappa shape index (κ2) is 4.61. The lowest BCUT2D eigenvalue weighted by molar-refractivity contribution is 0.498. The van der Waals surface area contributed by atoms with Crippen LogP contribution in [-0.4, -0.2) is 4.58 Å². The molecule has 2 aliphatic rings. The Morgan fingerprint density at radius 1 is 0.833 bits per heavy atom. The molecule has 0 nitrogen and oxygen atoms in total. The van der Waals surface area contributed by atoms with E-state index in [9.17, 15) is 0 Å². The van der Waals surface area contributed by atoms with Crippen molar-refractivity contribution in [2.75, 3.05) is 0 Å². The van der Waals surface area contributed by atoms with Gasteiger partial charge in [-0.1, -0.05) is 25.7 Å². The van der Waals surface area contributed by atoms with E-state index in [4.69, 9.17) is 0 Å². The van der Waals surface area contributed by atoms with Crippen LogP contribution in [0.5, 0.6) is 0 Å². The Bertz CT molecular complexity index is 149. The van der Waals surface area contributed by atoms with Gasteiger partial charge < -0.3 is 0 Å². The molecule has 0 atom stereocenters. The Kier molecular flexibility index (Phi) is 3.47. The van der Waals surface area contributed by atoms with Crippen LogP contribution < -0.4 is 0 Å². The summed E-state index contributed by atoms with van der Waals surface area (Å²) in [4.78, 5) is 0. The van der Waals surface area contributed by atoms with Gasteiger partial charge in [0.25, 0.3) is 0 Å². The summed E-state index contributed by atoms with van der Waals surface area (Å²) < 4.78 is 0.864. The third-order valence-electron chi connectivity index (χ3n) is 2.77. The SMILES string of the molecule is C1=CSC(C2CCCCCC2)S1. The maximum atomic E-state index is 2.26. The van der Waals surface area contributed by atoms with Crippen molar-refractivity contribution in [3.8, 4) is 0 Å². The fourth-order valence-electron chi connectivity index (χ4n) is 2.06. The van der Waals surface area contributed by atoms with Crippen molar-refractivity contribution in [2.24, 2.45) is 5.92 Å². The molecular formula is C10H16S2. The molecule has 0 N–H and O–H groups in total. The van der Waals surface area contributed by atoms with Crippen LogP contribution in [0, 0.1) is 5.92 Å². The summed E-state index contributed by atoms with van der Waals surface area (Å²) >= 11 is 4.08. The third kappa shape index (κ3) is 2.23. The molecule has 0 radical (unpaired) electrons. The van der Waals surface area contributed by atoms with Crippen molar-refractivity contribution >= 4 is 23.5 Å². The van der Waals surface area contributed by atoms with E-state index in [1.807, 2.05) is 23.5 Å². The molecule has 1 aliphatic heterocycles. The molecule has 0 saturated heterocycles. The first-order chi connectivity index (χ1) is 5.97. The molecule has 0 bridgehead atoms. The average molecular weight is 200 g/mol. The molecule has 12 heavy (non-hydrogen) atoms. The first kappa shape index (κ1) is 9.01. The maximum Gasteiger partial charge on any atom is 0.0613 e. The zero-order chi connectivity index (χ0) is 8.23. The second-order valence-electron chi connectivity index (χ2n) is 3.66. The van der Waals surface area contributed by atoms with E-state index < -0.39 is 0 Å². The largest absolute Gasteiger partial charge is 0.119 e. The Balaban J connectivity index is 1.84. The van der Waals surface area contributed by atoms with Crippen LogP contribution in [0.15, 0.2) is 10.8 Å². The van der Waals surface area contributed by atoms with Gasteiger partial charge in [-0.05, 0) is 29.6 Å². The molecule has 1 saturated carbocycles. The normalized spacial score (nSPS) is 27.7. The first-order valence-electron chi connectivity index (χ1n) is 4.93. The van der Waals surface area contributed by atoms with Gasteiger partial charge >= 0.3 is 0 Å². The van der Waals surface area contributed by atoms with Crippen molar-refractivity contribution in [2.45, 2.75) is 43.1 Å². The number of hydrogen-bond acceptors (Lipinski definition) is 2. The van der Waals surface area contributed by atoms with Crippen molar-refractivity contribution in [3.05, 3.63) is 10.8 Å². The quantitative estimate of drug-likeness (QED) is 0.581. The molecule has 1 fully saturated rings. The average Bonchev–Trinajstić information content (AvgIpc) is 2.48. The minimum absolute atomic E-state index is 0.864. The lowest BCUT2D eigenvalue weighted by Crippen LogP contribution is -2.10. The van der Waals surface area contributed by atoms with Crippen molar-refractivity contribution in [1.82, 2.24) is 0 Å². The van der Waals surface area contributed by atoms with Crippen LogP contribution >= 0.6 is 23.5 Å². The fraction of sp³-hybridized carbons (Fsp3) is 0.800. The van der Waals surface area contributed by atoms with Gasteiger partial charge in [0.15, 0.2) is 0 Å². The molecule has 0 unspecified atom stereocenters. The number of rotatable bonds is 1. The second-order valence-corrected chi connectivity index (χ2v) is 6.07. The lowest BCUT2D eigenvalue weighted by Gasteiger charge is -2.19. The van der Waals surface area contributed by atoms with Gasteiger partial charge in [0.2, 0.25) is 0 Å². The summed E-state index contributed by atoms with van der Waals surface area (Å²) in [7, 11) is 0. The molecule has 0 aromatic rings. The van der Waals surface area contributed by atoms with E-state index in [1.54, 1.807) is 0 Å². The van der Waals surface area contributed by atoms with E-state index in [0.29, 0.717) is 0 Å². The summed E-state index contributed by atoms with van der Waals surface area (Å²) in [5.74, 6) is 0.998. The molecule has 2 rings (SSSR count). The van der Waals surface area contributed by atoms with E-state index in [1.165, 1.54) is 38.5 Å². The molecule has 68 valence electrons. The number of thioether (sulfide) groups is 2. The van der Waals surface area contributed by atoms with Crippen molar-refractivity contribution in [3.63, 3.8) is 0 Å². The lowest BCUT2D eigenvalue weighted by atomic mass is 10.0. The van der Waals surface area contributed by atoms with Crippen LogP contribution in [0.1, 0.15) is 38.5 Å². The van der Waals surface area contributed by atoms with E-state index in [0.717, 1.165) is 10.5 Å². The minimum Gasteiger partial charge on any atom is -0.119 e. The summed E-state index contributed by atoms with van der Waals surface area (Å²) in [5.41, 5.74) is 0. The predicted molar refractivity (Wildman–Crippen MR) is 59.3 cm³/mol. The third-order valence-corrected chi connectivity index (χ3v) is 5.50. The van der Waals surface area contributed by atoms with Crippen LogP contribution in [0.25, 0.3) is 0 Å². The summed E-state index contributed by atoms with van der Waals surface area (Å²) in [6.45, 7) is 0. The van der Waals surface area contributed by atoms with Gasteiger partial charge in [-0.2, -0.15) is 0 Å². The van der Waals surface area contributed by atoms with E-state index in [-0.39, 0.29) is 0 Å². The summed E-state index contributed by atoms with van der Waals surface area (Å²) in [5, 5.41) is 4.53. The van der Waals surface area contributed by atoms with Crippen LogP contribution in [0.4, 0.5) is 0 Å². The van der Waals surface area contributed by atoms with Gasteiger partial charge in [-0.15, -0.1) is 23.5 Å². The zero-order valence-electron chi connectivity index (χ0n) is 7.37. The monoisotopic (exact) mass is 200 g/mol. The van der Waals surface area contributed by atoms with Crippen molar-refractivity contribution in [1.29, 1.82) is 0 Å². The first-order valence-corrected chi connectivity index (χ1v) is 6.81. The Morgan fingerprint density at radius 3 is 2.00 bits per heavy atom. The van der Waals surface area contributed by atoms with Gasteiger partial charge in [0.1, 0.15) is 0 Å². The topological polar surface area (TPSA) is 0 Å². The minimum atomic E-state index is 0.864. The fourth-order valence-corrected chi connectivity index (χ4v) is 4.51. The molecule has 0 aromatic heterocycles. The van der Waals surface area contributed by atoms with Gasteiger partial charge in [-0.3, -0.25) is 0 Å². The summed E-state index contributed by atoms with van der Waals surface area (Å²) in [6.07, 6.45) is 8.86. The van der Waals surface area contributed by atoms with Crippen molar-refractivity contribution < 1.29 is 0 Å². The standard InChI is InChI=1S/C10H16S2/c1-2-4-6-9(5-3-1)10-11-7-8-12-10/h7-10H,1-6H2. The molecule has 0 aromatic carbocycles. The maximum absolute atomic E-state index is 2.26. The Labute approximate surface area is 83.6 Å². The molecule has 2 heteroatoms. The molecule has 1 heterocycles.